The van der Waals surface area contributed by atoms with Crippen LogP contribution in [0.15, 0.2) is 54.7 Å². The molecule has 2 aromatic heterocycles. The van der Waals surface area contributed by atoms with Crippen LogP contribution in [-0.2, 0) is 16.0 Å². The van der Waals surface area contributed by atoms with Crippen molar-refractivity contribution in [1.29, 1.82) is 0 Å². The Morgan fingerprint density at radius 2 is 1.96 bits per heavy atom. The van der Waals surface area contributed by atoms with Crippen molar-refractivity contribution >= 4 is 35.1 Å². The molecule has 0 bridgehead atoms. The second-order valence-corrected chi connectivity index (χ2v) is 6.39. The molecule has 3 aromatic rings. The summed E-state index contributed by atoms with van der Waals surface area (Å²) >= 11 is 6.10. The van der Waals surface area contributed by atoms with Gasteiger partial charge in [-0.05, 0) is 30.2 Å². The number of ether oxygens (including phenoxy) is 1. The molecule has 0 saturated heterocycles. The molecule has 138 valence electrons. The van der Waals surface area contributed by atoms with Crippen molar-refractivity contribution in [1.82, 2.24) is 9.38 Å². The highest BCUT2D eigenvalue weighted by atomic mass is 35.5. The number of Topliss-reactive ketones (excluding diaryl/α,β-unsaturated/α-hetero) is 1. The molecule has 6 heteroatoms. The first-order valence-electron chi connectivity index (χ1n) is 8.68. The number of carbonyl (C=O) groups is 2. The molecule has 0 aliphatic rings. The Kier molecular flexibility index (Phi) is 6.04. The van der Waals surface area contributed by atoms with Gasteiger partial charge in [0.15, 0.2) is 17.5 Å². The van der Waals surface area contributed by atoms with E-state index in [1.54, 1.807) is 22.7 Å². The number of benzene rings is 1. The van der Waals surface area contributed by atoms with Crippen molar-refractivity contribution in [2.24, 2.45) is 0 Å². The summed E-state index contributed by atoms with van der Waals surface area (Å²) < 4.78 is 6.80. The van der Waals surface area contributed by atoms with Crippen LogP contribution in [0.4, 0.5) is 0 Å². The fraction of sp³-hybridized carbons (Fsp3) is 0.190. The van der Waals surface area contributed by atoms with E-state index in [9.17, 15) is 9.59 Å². The molecule has 2 heterocycles. The summed E-state index contributed by atoms with van der Waals surface area (Å²) in [5.74, 6) is -0.861. The van der Waals surface area contributed by atoms with Crippen molar-refractivity contribution < 1.29 is 14.3 Å². The third kappa shape index (κ3) is 4.63. The minimum atomic E-state index is -0.618. The van der Waals surface area contributed by atoms with Gasteiger partial charge in [-0.25, -0.2) is 9.78 Å². The van der Waals surface area contributed by atoms with Crippen LogP contribution in [0.25, 0.3) is 11.7 Å². The van der Waals surface area contributed by atoms with Crippen molar-refractivity contribution in [2.45, 2.75) is 19.8 Å². The van der Waals surface area contributed by atoms with Crippen LogP contribution in [-0.4, -0.2) is 27.7 Å². The Hall–Kier alpha value is -2.92. The number of fused-ring (bicyclic) bond motifs is 1. The molecular weight excluding hydrogens is 364 g/mol. The van der Waals surface area contributed by atoms with Crippen LogP contribution < -0.4 is 0 Å². The lowest BCUT2D eigenvalue weighted by atomic mass is 10.1. The van der Waals surface area contributed by atoms with Crippen molar-refractivity contribution in [3.05, 3.63) is 76.7 Å². The maximum Gasteiger partial charge on any atom is 0.331 e. The summed E-state index contributed by atoms with van der Waals surface area (Å²) in [5, 5.41) is 0.286. The Balaban J connectivity index is 1.59. The zero-order valence-corrected chi connectivity index (χ0v) is 15.6. The van der Waals surface area contributed by atoms with E-state index >= 15 is 0 Å². The van der Waals surface area contributed by atoms with Gasteiger partial charge >= 0.3 is 5.97 Å². The summed E-state index contributed by atoms with van der Waals surface area (Å²) in [7, 11) is 0. The number of hydrogen-bond donors (Lipinski definition) is 0. The Bertz CT molecular complexity index is 990. The van der Waals surface area contributed by atoms with Crippen LogP contribution in [0.2, 0.25) is 5.15 Å². The van der Waals surface area contributed by atoms with E-state index in [1.807, 2.05) is 30.3 Å². The SMILES string of the molecule is CCCc1ccc(C(=O)COC(=O)/C=C/c2c(Cl)nc3ccccn23)cc1. The first-order valence-corrected chi connectivity index (χ1v) is 9.06. The number of aryl methyl sites for hydroxylation is 1. The third-order valence-electron chi connectivity index (χ3n) is 4.06. The predicted octanol–water partition coefficient (Wildman–Crippen LogP) is 4.38. The van der Waals surface area contributed by atoms with Crippen molar-refractivity contribution in [2.75, 3.05) is 6.61 Å². The number of carbonyl (C=O) groups excluding carboxylic acids is 2. The predicted molar refractivity (Wildman–Crippen MR) is 105 cm³/mol. The molecule has 3 rings (SSSR count). The topological polar surface area (TPSA) is 60.7 Å². The van der Waals surface area contributed by atoms with Gasteiger partial charge in [0.2, 0.25) is 0 Å². The summed E-state index contributed by atoms with van der Waals surface area (Å²) in [6.07, 6.45) is 6.58. The van der Waals surface area contributed by atoms with Gasteiger partial charge in [0.25, 0.3) is 0 Å². The number of hydrogen-bond acceptors (Lipinski definition) is 4. The molecule has 0 saturated carbocycles. The van der Waals surface area contributed by atoms with E-state index in [0.29, 0.717) is 16.9 Å². The summed E-state index contributed by atoms with van der Waals surface area (Å²) in [6, 6.07) is 12.9. The zero-order chi connectivity index (χ0) is 19.2. The number of halogens is 1. The monoisotopic (exact) mass is 382 g/mol. The minimum absolute atomic E-state index is 0.243. The molecule has 0 fully saturated rings. The molecule has 0 aliphatic carbocycles. The first kappa shape index (κ1) is 18.9. The van der Waals surface area contributed by atoms with Crippen LogP contribution in [0.3, 0.4) is 0 Å². The van der Waals surface area contributed by atoms with E-state index < -0.39 is 5.97 Å². The molecule has 0 atom stereocenters. The number of rotatable bonds is 7. The quantitative estimate of drug-likeness (QED) is 0.345. The largest absolute Gasteiger partial charge is 0.454 e. The maximum absolute atomic E-state index is 12.1. The number of ketones is 1. The van der Waals surface area contributed by atoms with E-state index in [1.165, 1.54) is 17.7 Å². The molecule has 27 heavy (non-hydrogen) atoms. The summed E-state index contributed by atoms with van der Waals surface area (Å²) in [6.45, 7) is 1.79. The van der Waals surface area contributed by atoms with Gasteiger partial charge in [0.05, 0.1) is 5.69 Å². The van der Waals surface area contributed by atoms with Gasteiger partial charge in [0.1, 0.15) is 5.65 Å². The molecule has 0 radical (unpaired) electrons. The first-order chi connectivity index (χ1) is 13.1. The highest BCUT2D eigenvalue weighted by molar-refractivity contribution is 6.31. The minimum Gasteiger partial charge on any atom is -0.454 e. The third-order valence-corrected chi connectivity index (χ3v) is 4.34. The average Bonchev–Trinajstić information content (AvgIpc) is 3.00. The fourth-order valence-corrected chi connectivity index (χ4v) is 2.94. The second kappa shape index (κ2) is 8.64. The number of pyridine rings is 1. The summed E-state index contributed by atoms with van der Waals surface area (Å²) in [5.41, 5.74) is 2.95. The number of esters is 1. The standard InChI is InChI=1S/C21H19ClN2O3/c1-2-5-15-7-9-16(10-8-15)18(25)14-27-20(26)12-11-17-21(22)23-19-6-3-4-13-24(17)19/h3-4,6-13H,2,5,14H2,1H3/b12-11+. The molecule has 1 aromatic carbocycles. The smallest absolute Gasteiger partial charge is 0.331 e. The lowest BCUT2D eigenvalue weighted by Crippen LogP contribution is -2.12. The van der Waals surface area contributed by atoms with Crippen molar-refractivity contribution in [3.8, 4) is 0 Å². The molecular formula is C21H19ClN2O3. The van der Waals surface area contributed by atoms with E-state index in [4.69, 9.17) is 16.3 Å². The van der Waals surface area contributed by atoms with Gasteiger partial charge < -0.3 is 4.74 Å². The van der Waals surface area contributed by atoms with Crippen LogP contribution in [0.5, 0.6) is 0 Å². The van der Waals surface area contributed by atoms with Gasteiger partial charge in [-0.2, -0.15) is 0 Å². The van der Waals surface area contributed by atoms with E-state index in [-0.39, 0.29) is 17.5 Å². The van der Waals surface area contributed by atoms with E-state index in [2.05, 4.69) is 11.9 Å². The van der Waals surface area contributed by atoms with Crippen molar-refractivity contribution in [3.63, 3.8) is 0 Å². The lowest BCUT2D eigenvalue weighted by Gasteiger charge is -2.04. The average molecular weight is 383 g/mol. The highest BCUT2D eigenvalue weighted by Crippen LogP contribution is 2.18. The zero-order valence-electron chi connectivity index (χ0n) is 14.9. The molecule has 5 nitrogen and oxygen atoms in total. The van der Waals surface area contributed by atoms with Gasteiger partial charge in [0, 0.05) is 17.8 Å². The second-order valence-electron chi connectivity index (χ2n) is 6.03. The highest BCUT2D eigenvalue weighted by Gasteiger charge is 2.10. The molecule has 0 amide bonds. The lowest BCUT2D eigenvalue weighted by molar-refractivity contribution is -0.136. The normalized spacial score (nSPS) is 11.2. The van der Waals surface area contributed by atoms with Crippen LogP contribution >= 0.6 is 11.6 Å². The van der Waals surface area contributed by atoms with Crippen LogP contribution in [0, 0.1) is 0 Å². The van der Waals surface area contributed by atoms with Gasteiger partial charge in [-0.1, -0.05) is 55.3 Å². The number of nitrogens with zero attached hydrogens (tertiary/aromatic N) is 2. The summed E-state index contributed by atoms with van der Waals surface area (Å²) in [4.78, 5) is 28.3. The Morgan fingerprint density at radius 1 is 1.19 bits per heavy atom. The van der Waals surface area contributed by atoms with Gasteiger partial charge in [-0.15, -0.1) is 0 Å². The molecule has 0 spiro atoms. The number of aromatic nitrogens is 2. The Morgan fingerprint density at radius 3 is 2.70 bits per heavy atom. The molecule has 0 N–H and O–H groups in total. The van der Waals surface area contributed by atoms with Crippen LogP contribution in [0.1, 0.15) is 35.0 Å². The maximum atomic E-state index is 12.1. The Labute approximate surface area is 162 Å². The molecule has 0 unspecified atom stereocenters. The van der Waals surface area contributed by atoms with E-state index in [0.717, 1.165) is 12.8 Å². The number of imidazole rings is 1. The molecule has 0 aliphatic heterocycles. The van der Waals surface area contributed by atoms with Gasteiger partial charge in [-0.3, -0.25) is 9.20 Å². The fourth-order valence-electron chi connectivity index (χ4n) is 2.70.